The van der Waals surface area contributed by atoms with E-state index in [4.69, 9.17) is 10.8 Å². The van der Waals surface area contributed by atoms with Gasteiger partial charge in [-0.2, -0.15) is 0 Å². The molecule has 0 aromatic heterocycles. The van der Waals surface area contributed by atoms with Crippen LogP contribution in [0.15, 0.2) is 24.3 Å². The van der Waals surface area contributed by atoms with E-state index in [-0.39, 0.29) is 18.5 Å². The Morgan fingerprint density at radius 3 is 2.67 bits per heavy atom. The van der Waals surface area contributed by atoms with Crippen LogP contribution in [-0.4, -0.2) is 17.8 Å². The fraction of sp³-hybridized carbons (Fsp3) is 0.333. The number of aliphatic hydroxyl groups excluding tert-OH is 1. The van der Waals surface area contributed by atoms with E-state index < -0.39 is 0 Å². The van der Waals surface area contributed by atoms with Gasteiger partial charge in [0, 0.05) is 6.04 Å². The molecule has 1 atom stereocenters. The first-order chi connectivity index (χ1) is 5.74. The van der Waals surface area contributed by atoms with Crippen LogP contribution in [0.1, 0.15) is 5.56 Å². The second-order valence-electron chi connectivity index (χ2n) is 2.74. The van der Waals surface area contributed by atoms with Gasteiger partial charge in [0.05, 0.1) is 6.61 Å². The Balaban J connectivity index is 2.69. The molecule has 0 saturated carbocycles. The number of halogens is 1. The van der Waals surface area contributed by atoms with Crippen molar-refractivity contribution in [1.29, 1.82) is 0 Å². The van der Waals surface area contributed by atoms with Gasteiger partial charge < -0.3 is 10.8 Å². The molecule has 0 aliphatic heterocycles. The molecule has 1 aromatic rings. The quantitative estimate of drug-likeness (QED) is 0.699. The lowest BCUT2D eigenvalue weighted by Gasteiger charge is -2.07. The summed E-state index contributed by atoms with van der Waals surface area (Å²) in [4.78, 5) is 0. The van der Waals surface area contributed by atoms with Crippen LogP contribution in [0, 0.1) is 5.82 Å². The highest BCUT2D eigenvalue weighted by atomic mass is 19.1. The van der Waals surface area contributed by atoms with Gasteiger partial charge >= 0.3 is 0 Å². The zero-order valence-corrected chi connectivity index (χ0v) is 6.70. The Hall–Kier alpha value is -0.930. The number of benzene rings is 1. The molecule has 0 fully saturated rings. The first-order valence-electron chi connectivity index (χ1n) is 3.84. The molecule has 3 N–H and O–H groups in total. The Morgan fingerprint density at radius 1 is 1.42 bits per heavy atom. The predicted molar refractivity (Wildman–Crippen MR) is 45.2 cm³/mol. The van der Waals surface area contributed by atoms with Crippen molar-refractivity contribution in [3.05, 3.63) is 35.6 Å². The molecule has 0 aliphatic rings. The average Bonchev–Trinajstić information content (AvgIpc) is 2.09. The fourth-order valence-electron chi connectivity index (χ4n) is 1.01. The van der Waals surface area contributed by atoms with Gasteiger partial charge in [0.15, 0.2) is 0 Å². The molecule has 0 bridgehead atoms. The van der Waals surface area contributed by atoms with Crippen LogP contribution in [-0.2, 0) is 6.42 Å². The van der Waals surface area contributed by atoms with Gasteiger partial charge in [-0.1, -0.05) is 18.2 Å². The maximum Gasteiger partial charge on any atom is 0.126 e. The molecule has 0 saturated heterocycles. The minimum atomic E-state index is -0.373. The monoisotopic (exact) mass is 169 g/mol. The van der Waals surface area contributed by atoms with Gasteiger partial charge in [0.1, 0.15) is 5.82 Å². The summed E-state index contributed by atoms with van der Waals surface area (Å²) in [5.41, 5.74) is 6.01. The van der Waals surface area contributed by atoms with E-state index in [0.717, 1.165) is 0 Å². The Labute approximate surface area is 70.8 Å². The Bertz CT molecular complexity index is 252. The number of aliphatic hydroxyl groups is 1. The Morgan fingerprint density at radius 2 is 2.08 bits per heavy atom. The SMILES string of the molecule is N[C@@H](CO)Cc1ccccc1F. The smallest absolute Gasteiger partial charge is 0.126 e. The molecule has 0 unspecified atom stereocenters. The van der Waals surface area contributed by atoms with Crippen molar-refractivity contribution in [1.82, 2.24) is 0 Å². The molecule has 0 radical (unpaired) electrons. The van der Waals surface area contributed by atoms with Crippen molar-refractivity contribution in [2.75, 3.05) is 6.61 Å². The second-order valence-corrected chi connectivity index (χ2v) is 2.74. The average molecular weight is 169 g/mol. The molecule has 0 amide bonds. The summed E-state index contributed by atoms with van der Waals surface area (Å²) >= 11 is 0. The maximum atomic E-state index is 12.9. The second kappa shape index (κ2) is 4.18. The van der Waals surface area contributed by atoms with E-state index in [1.54, 1.807) is 18.2 Å². The topological polar surface area (TPSA) is 46.2 Å². The molecule has 12 heavy (non-hydrogen) atoms. The zero-order chi connectivity index (χ0) is 8.97. The highest BCUT2D eigenvalue weighted by Crippen LogP contribution is 2.07. The third-order valence-electron chi connectivity index (χ3n) is 1.67. The van der Waals surface area contributed by atoms with E-state index in [1.165, 1.54) is 6.07 Å². The van der Waals surface area contributed by atoms with Crippen LogP contribution >= 0.6 is 0 Å². The van der Waals surface area contributed by atoms with Crippen molar-refractivity contribution in [2.24, 2.45) is 5.73 Å². The van der Waals surface area contributed by atoms with Gasteiger partial charge in [0.25, 0.3) is 0 Å². The van der Waals surface area contributed by atoms with Gasteiger partial charge in [0.2, 0.25) is 0 Å². The fourth-order valence-corrected chi connectivity index (χ4v) is 1.01. The number of hydrogen-bond donors (Lipinski definition) is 2. The van der Waals surface area contributed by atoms with Gasteiger partial charge in [-0.05, 0) is 18.1 Å². The summed E-state index contributed by atoms with van der Waals surface area (Å²) in [5.74, 6) is -0.263. The minimum Gasteiger partial charge on any atom is -0.395 e. The van der Waals surface area contributed by atoms with Gasteiger partial charge in [-0.25, -0.2) is 4.39 Å². The molecule has 2 nitrogen and oxygen atoms in total. The summed E-state index contributed by atoms with van der Waals surface area (Å²) in [6.07, 6.45) is 0.378. The van der Waals surface area contributed by atoms with Crippen molar-refractivity contribution in [3.63, 3.8) is 0 Å². The molecule has 0 spiro atoms. The lowest BCUT2D eigenvalue weighted by Crippen LogP contribution is -2.27. The summed E-state index contributed by atoms with van der Waals surface area (Å²) in [6, 6.07) is 6.07. The molecular formula is C9H12FNO. The lowest BCUT2D eigenvalue weighted by atomic mass is 10.1. The summed E-state index contributed by atoms with van der Waals surface area (Å²) in [6.45, 7) is -0.117. The van der Waals surface area contributed by atoms with Crippen molar-refractivity contribution in [2.45, 2.75) is 12.5 Å². The van der Waals surface area contributed by atoms with Crippen LogP contribution in [0.3, 0.4) is 0 Å². The summed E-state index contributed by atoms with van der Waals surface area (Å²) in [7, 11) is 0. The molecule has 0 aliphatic carbocycles. The third-order valence-corrected chi connectivity index (χ3v) is 1.67. The van der Waals surface area contributed by atoms with Crippen molar-refractivity contribution >= 4 is 0 Å². The van der Waals surface area contributed by atoms with E-state index in [1.807, 2.05) is 0 Å². The van der Waals surface area contributed by atoms with Crippen LogP contribution in [0.4, 0.5) is 4.39 Å². The number of nitrogens with two attached hydrogens (primary N) is 1. The lowest BCUT2D eigenvalue weighted by molar-refractivity contribution is 0.264. The summed E-state index contributed by atoms with van der Waals surface area (Å²) in [5, 5.41) is 8.64. The standard InChI is InChI=1S/C9H12FNO/c10-9-4-2-1-3-7(9)5-8(11)6-12/h1-4,8,12H,5-6,11H2/t8-/m1/s1. The van der Waals surface area contributed by atoms with E-state index in [0.29, 0.717) is 12.0 Å². The van der Waals surface area contributed by atoms with Crippen molar-refractivity contribution in [3.8, 4) is 0 Å². The number of hydrogen-bond acceptors (Lipinski definition) is 2. The maximum absolute atomic E-state index is 12.9. The predicted octanol–water partition coefficient (Wildman–Crippen LogP) is 0.688. The van der Waals surface area contributed by atoms with E-state index >= 15 is 0 Å². The van der Waals surface area contributed by atoms with Crippen LogP contribution < -0.4 is 5.73 Å². The van der Waals surface area contributed by atoms with Crippen molar-refractivity contribution < 1.29 is 9.50 Å². The number of rotatable bonds is 3. The highest BCUT2D eigenvalue weighted by molar-refractivity contribution is 5.18. The first-order valence-corrected chi connectivity index (χ1v) is 3.84. The van der Waals surface area contributed by atoms with Crippen LogP contribution in [0.5, 0.6) is 0 Å². The van der Waals surface area contributed by atoms with Gasteiger partial charge in [-0.15, -0.1) is 0 Å². The largest absolute Gasteiger partial charge is 0.395 e. The third kappa shape index (κ3) is 2.29. The molecule has 1 aromatic carbocycles. The summed E-state index contributed by atoms with van der Waals surface area (Å²) < 4.78 is 12.9. The molecular weight excluding hydrogens is 157 g/mol. The van der Waals surface area contributed by atoms with E-state index in [9.17, 15) is 4.39 Å². The van der Waals surface area contributed by atoms with E-state index in [2.05, 4.69) is 0 Å². The molecule has 3 heteroatoms. The molecule has 66 valence electrons. The highest BCUT2D eigenvalue weighted by Gasteiger charge is 2.05. The first kappa shape index (κ1) is 9.16. The normalized spacial score (nSPS) is 12.9. The van der Waals surface area contributed by atoms with Gasteiger partial charge in [-0.3, -0.25) is 0 Å². The zero-order valence-electron chi connectivity index (χ0n) is 6.70. The minimum absolute atomic E-state index is 0.117. The van der Waals surface area contributed by atoms with Crippen LogP contribution in [0.2, 0.25) is 0 Å². The Kier molecular flexibility index (Phi) is 3.19. The van der Waals surface area contributed by atoms with Crippen LogP contribution in [0.25, 0.3) is 0 Å². The molecule has 0 heterocycles. The molecule has 1 rings (SSSR count).